The molecule has 2 aromatic rings. The van der Waals surface area contributed by atoms with Crippen molar-refractivity contribution in [2.24, 2.45) is 0 Å². The third-order valence-electron chi connectivity index (χ3n) is 2.83. The van der Waals surface area contributed by atoms with E-state index in [9.17, 15) is 4.79 Å². The fraction of sp³-hybridized carbons (Fsp3) is 0.133. The van der Waals surface area contributed by atoms with Gasteiger partial charge in [0.2, 0.25) is 0 Å². The Hall–Kier alpha value is -0.840. The van der Waals surface area contributed by atoms with Crippen LogP contribution in [0.25, 0.3) is 0 Å². The number of carbonyl (C=O) groups excluding carboxylic acids is 1. The standard InChI is InChI=1S/C15H10Cl5NO2/c1-7(23-14-6-12(19)11(18)5-13(14)20)15(22)21-8-2-3-9(16)10(17)4-8/h2-7H,1H3,(H,21,22). The van der Waals surface area contributed by atoms with Crippen molar-refractivity contribution in [3.8, 4) is 5.75 Å². The second kappa shape index (κ2) is 7.82. The lowest BCUT2D eigenvalue weighted by molar-refractivity contribution is -0.122. The van der Waals surface area contributed by atoms with E-state index in [-0.39, 0.29) is 21.7 Å². The summed E-state index contributed by atoms with van der Waals surface area (Å²) in [6.45, 7) is 1.58. The van der Waals surface area contributed by atoms with Gasteiger partial charge in [0.25, 0.3) is 5.91 Å². The van der Waals surface area contributed by atoms with Crippen LogP contribution in [0.1, 0.15) is 6.92 Å². The van der Waals surface area contributed by atoms with Crippen LogP contribution in [-0.2, 0) is 4.79 Å². The molecule has 1 N–H and O–H groups in total. The molecule has 0 aliphatic heterocycles. The zero-order valence-corrected chi connectivity index (χ0v) is 15.5. The third kappa shape index (κ3) is 4.82. The van der Waals surface area contributed by atoms with Crippen molar-refractivity contribution in [3.63, 3.8) is 0 Å². The van der Waals surface area contributed by atoms with Crippen molar-refractivity contribution in [1.29, 1.82) is 0 Å². The SMILES string of the molecule is CC(Oc1cc(Cl)c(Cl)cc1Cl)C(=O)Nc1ccc(Cl)c(Cl)c1. The van der Waals surface area contributed by atoms with Gasteiger partial charge in [-0.15, -0.1) is 0 Å². The highest BCUT2D eigenvalue weighted by Crippen LogP contribution is 2.34. The molecule has 0 radical (unpaired) electrons. The lowest BCUT2D eigenvalue weighted by Crippen LogP contribution is -2.30. The van der Waals surface area contributed by atoms with E-state index in [0.29, 0.717) is 20.8 Å². The van der Waals surface area contributed by atoms with E-state index in [1.165, 1.54) is 12.1 Å². The van der Waals surface area contributed by atoms with Gasteiger partial charge < -0.3 is 10.1 Å². The number of carbonyl (C=O) groups is 1. The molecule has 1 unspecified atom stereocenters. The fourth-order valence-electron chi connectivity index (χ4n) is 1.66. The summed E-state index contributed by atoms with van der Waals surface area (Å²) in [6.07, 6.45) is -0.820. The second-order valence-corrected chi connectivity index (χ2v) is 6.61. The number of anilines is 1. The van der Waals surface area contributed by atoms with E-state index in [0.717, 1.165) is 0 Å². The molecule has 0 fully saturated rings. The fourth-order valence-corrected chi connectivity index (χ4v) is 2.54. The molecule has 122 valence electrons. The summed E-state index contributed by atoms with van der Waals surface area (Å²) in [5, 5.41) is 4.25. The molecule has 2 aromatic carbocycles. The first kappa shape index (κ1) is 18.5. The Bertz CT molecular complexity index is 751. The lowest BCUT2D eigenvalue weighted by Gasteiger charge is -2.16. The number of hydrogen-bond acceptors (Lipinski definition) is 2. The van der Waals surface area contributed by atoms with Crippen LogP contribution >= 0.6 is 58.0 Å². The van der Waals surface area contributed by atoms with E-state index in [1.807, 2.05) is 0 Å². The highest BCUT2D eigenvalue weighted by atomic mass is 35.5. The summed E-state index contributed by atoms with van der Waals surface area (Å²) in [5.41, 5.74) is 0.500. The number of ether oxygens (including phenoxy) is 1. The summed E-state index contributed by atoms with van der Waals surface area (Å²) in [6, 6.07) is 7.66. The molecular weight excluding hydrogens is 403 g/mol. The Kier molecular flexibility index (Phi) is 6.29. The first-order valence-corrected chi connectivity index (χ1v) is 8.24. The Labute approximate surface area is 158 Å². The summed E-state index contributed by atoms with van der Waals surface area (Å²) in [7, 11) is 0. The molecular formula is C15H10Cl5NO2. The predicted molar refractivity (Wildman–Crippen MR) is 96.7 cm³/mol. The van der Waals surface area contributed by atoms with E-state index < -0.39 is 6.10 Å². The molecule has 0 bridgehead atoms. The maximum atomic E-state index is 12.2. The first-order chi connectivity index (χ1) is 10.8. The average molecular weight is 414 g/mol. The van der Waals surface area contributed by atoms with Crippen LogP contribution < -0.4 is 10.1 Å². The van der Waals surface area contributed by atoms with Crippen LogP contribution in [0.2, 0.25) is 25.1 Å². The minimum absolute atomic E-state index is 0.258. The summed E-state index contributed by atoms with van der Waals surface area (Å²) >= 11 is 29.5. The van der Waals surface area contributed by atoms with Gasteiger partial charge in [-0.25, -0.2) is 0 Å². The van der Waals surface area contributed by atoms with Crippen LogP contribution in [0.5, 0.6) is 5.75 Å². The molecule has 3 nitrogen and oxygen atoms in total. The maximum absolute atomic E-state index is 12.2. The van der Waals surface area contributed by atoms with Gasteiger partial charge in [0.1, 0.15) is 5.75 Å². The quantitative estimate of drug-likeness (QED) is 0.592. The van der Waals surface area contributed by atoms with Crippen molar-refractivity contribution in [2.75, 3.05) is 5.32 Å². The number of halogens is 5. The molecule has 23 heavy (non-hydrogen) atoms. The molecule has 0 aromatic heterocycles. The summed E-state index contributed by atoms with van der Waals surface area (Å²) < 4.78 is 5.52. The largest absolute Gasteiger partial charge is 0.479 e. The summed E-state index contributed by atoms with van der Waals surface area (Å²) in [4.78, 5) is 12.2. The van der Waals surface area contributed by atoms with Gasteiger partial charge in [-0.1, -0.05) is 58.0 Å². The minimum Gasteiger partial charge on any atom is -0.479 e. The van der Waals surface area contributed by atoms with E-state index in [1.54, 1.807) is 25.1 Å². The molecule has 1 atom stereocenters. The van der Waals surface area contributed by atoms with Gasteiger partial charge in [-0.2, -0.15) is 0 Å². The molecule has 0 saturated heterocycles. The van der Waals surface area contributed by atoms with E-state index >= 15 is 0 Å². The molecule has 8 heteroatoms. The average Bonchev–Trinajstić information content (AvgIpc) is 2.48. The van der Waals surface area contributed by atoms with Crippen LogP contribution in [0, 0.1) is 0 Å². The van der Waals surface area contributed by atoms with E-state index in [4.69, 9.17) is 62.7 Å². The molecule has 0 heterocycles. The second-order valence-electron chi connectivity index (χ2n) is 4.57. The maximum Gasteiger partial charge on any atom is 0.265 e. The Balaban J connectivity index is 2.08. The zero-order valence-electron chi connectivity index (χ0n) is 11.7. The van der Waals surface area contributed by atoms with Crippen molar-refractivity contribution >= 4 is 69.6 Å². The smallest absolute Gasteiger partial charge is 0.265 e. The highest BCUT2D eigenvalue weighted by Gasteiger charge is 2.18. The van der Waals surface area contributed by atoms with Gasteiger partial charge >= 0.3 is 0 Å². The Morgan fingerprint density at radius 2 is 1.52 bits per heavy atom. The first-order valence-electron chi connectivity index (χ1n) is 6.35. The number of rotatable bonds is 4. The lowest BCUT2D eigenvalue weighted by atomic mass is 10.3. The monoisotopic (exact) mass is 411 g/mol. The Morgan fingerprint density at radius 3 is 2.17 bits per heavy atom. The minimum atomic E-state index is -0.820. The third-order valence-corrected chi connectivity index (χ3v) is 4.59. The van der Waals surface area contributed by atoms with Crippen molar-refractivity contribution in [2.45, 2.75) is 13.0 Å². The molecule has 0 aliphatic carbocycles. The number of benzene rings is 2. The van der Waals surface area contributed by atoms with Crippen molar-refractivity contribution < 1.29 is 9.53 Å². The summed E-state index contributed by atoms with van der Waals surface area (Å²) in [5.74, 6) is -0.122. The normalized spacial score (nSPS) is 11.9. The van der Waals surface area contributed by atoms with Gasteiger partial charge in [-0.3, -0.25) is 4.79 Å². The molecule has 2 rings (SSSR count). The van der Waals surface area contributed by atoms with Crippen LogP contribution in [0.3, 0.4) is 0 Å². The van der Waals surface area contributed by atoms with Gasteiger partial charge in [0, 0.05) is 11.8 Å². The van der Waals surface area contributed by atoms with Gasteiger partial charge in [-0.05, 0) is 31.2 Å². The topological polar surface area (TPSA) is 38.3 Å². The molecule has 0 saturated carbocycles. The number of nitrogens with one attached hydrogen (secondary N) is 1. The number of hydrogen-bond donors (Lipinski definition) is 1. The molecule has 0 spiro atoms. The van der Waals surface area contributed by atoms with Gasteiger partial charge in [0.05, 0.1) is 25.1 Å². The van der Waals surface area contributed by atoms with Crippen molar-refractivity contribution in [1.82, 2.24) is 0 Å². The predicted octanol–water partition coefficient (Wildman–Crippen LogP) is 6.36. The zero-order chi connectivity index (χ0) is 17.1. The Morgan fingerprint density at radius 1 is 0.913 bits per heavy atom. The van der Waals surface area contributed by atoms with E-state index in [2.05, 4.69) is 5.32 Å². The van der Waals surface area contributed by atoms with Crippen LogP contribution in [0.4, 0.5) is 5.69 Å². The van der Waals surface area contributed by atoms with Crippen LogP contribution in [-0.4, -0.2) is 12.0 Å². The van der Waals surface area contributed by atoms with Crippen molar-refractivity contribution in [3.05, 3.63) is 55.4 Å². The van der Waals surface area contributed by atoms with Crippen LogP contribution in [0.15, 0.2) is 30.3 Å². The number of amides is 1. The highest BCUT2D eigenvalue weighted by molar-refractivity contribution is 6.43. The van der Waals surface area contributed by atoms with Gasteiger partial charge in [0.15, 0.2) is 6.10 Å². The molecule has 1 amide bonds. The molecule has 0 aliphatic rings.